The molecule has 0 aliphatic carbocycles. The van der Waals surface area contributed by atoms with E-state index < -0.39 is 0 Å². The highest BCUT2D eigenvalue weighted by Gasteiger charge is 2.43. The summed E-state index contributed by atoms with van der Waals surface area (Å²) in [6.45, 7) is 0. The number of aryl methyl sites for hydroxylation is 1. The molecule has 0 atom stereocenters. The zero-order chi connectivity index (χ0) is 26.0. The Morgan fingerprint density at radius 1 is 0.605 bits per heavy atom. The van der Waals surface area contributed by atoms with Crippen molar-refractivity contribution >= 4 is 50.9 Å². The molecular weight excluding hydrogens is 492 g/mol. The number of carbonyl (C=O) groups is 2. The monoisotopic (exact) mass is 512 g/mol. The number of hydrogen-bond acceptors (Lipinski definition) is 2. The van der Waals surface area contributed by atoms with E-state index in [4.69, 9.17) is 11.6 Å². The summed E-state index contributed by atoms with van der Waals surface area (Å²) in [6.07, 6.45) is 0. The van der Waals surface area contributed by atoms with E-state index in [9.17, 15) is 9.59 Å². The highest BCUT2D eigenvalue weighted by molar-refractivity contribution is 6.43. The Balaban J connectivity index is 1.74. The molecule has 0 spiro atoms. The molecule has 0 bridgehead atoms. The second-order valence-electron chi connectivity index (χ2n) is 9.46. The minimum atomic E-state index is -0.319. The maximum absolute atomic E-state index is 14.3. The molecule has 0 N–H and O–H groups in total. The van der Waals surface area contributed by atoms with Crippen LogP contribution in [-0.4, -0.2) is 16.4 Å². The summed E-state index contributed by atoms with van der Waals surface area (Å²) in [5.74, 6) is -0.638. The number of carbonyl (C=O) groups excluding carboxylic acids is 2. The van der Waals surface area contributed by atoms with Gasteiger partial charge in [0.2, 0.25) is 0 Å². The largest absolute Gasteiger partial charge is 0.343 e. The predicted octanol–water partition coefficient (Wildman–Crippen LogP) is 8.12. The van der Waals surface area contributed by atoms with Crippen LogP contribution in [0.15, 0.2) is 109 Å². The first-order chi connectivity index (χ1) is 18.6. The lowest BCUT2D eigenvalue weighted by Gasteiger charge is -2.17. The minimum Gasteiger partial charge on any atom is -0.343 e. The van der Waals surface area contributed by atoms with E-state index in [-0.39, 0.29) is 11.8 Å². The van der Waals surface area contributed by atoms with Gasteiger partial charge in [0.1, 0.15) is 0 Å². The van der Waals surface area contributed by atoms with E-state index in [1.165, 1.54) is 4.90 Å². The van der Waals surface area contributed by atoms with Crippen LogP contribution in [0, 0.1) is 0 Å². The van der Waals surface area contributed by atoms with E-state index in [2.05, 4.69) is 16.7 Å². The Morgan fingerprint density at radius 2 is 1.16 bits per heavy atom. The molecule has 0 radical (unpaired) electrons. The molecular formula is C33H21ClN2O2. The highest BCUT2D eigenvalue weighted by Crippen LogP contribution is 2.49. The van der Waals surface area contributed by atoms with E-state index >= 15 is 0 Å². The lowest BCUT2D eigenvalue weighted by molar-refractivity contribution is 0.0927. The van der Waals surface area contributed by atoms with Gasteiger partial charge < -0.3 is 4.57 Å². The third-order valence-electron chi connectivity index (χ3n) is 7.37. The molecule has 0 fully saturated rings. The minimum absolute atomic E-state index is 0.319. The van der Waals surface area contributed by atoms with Crippen LogP contribution in [0.3, 0.4) is 0 Å². The van der Waals surface area contributed by atoms with Crippen molar-refractivity contribution in [1.82, 2.24) is 4.57 Å². The summed E-state index contributed by atoms with van der Waals surface area (Å²) < 4.78 is 2.09. The van der Waals surface area contributed by atoms with Crippen molar-refractivity contribution in [3.8, 4) is 22.3 Å². The number of fused-ring (bicyclic) bond motifs is 5. The molecule has 7 rings (SSSR count). The molecule has 38 heavy (non-hydrogen) atoms. The Labute approximate surface area is 224 Å². The first kappa shape index (κ1) is 22.5. The van der Waals surface area contributed by atoms with Gasteiger partial charge in [-0.05, 0) is 35.4 Å². The van der Waals surface area contributed by atoms with Crippen molar-refractivity contribution in [2.75, 3.05) is 4.90 Å². The molecule has 5 heteroatoms. The number of rotatable bonds is 3. The molecule has 4 nitrogen and oxygen atoms in total. The van der Waals surface area contributed by atoms with Crippen molar-refractivity contribution in [1.29, 1.82) is 0 Å². The van der Waals surface area contributed by atoms with Crippen LogP contribution < -0.4 is 4.90 Å². The first-order valence-corrected chi connectivity index (χ1v) is 12.8. The fourth-order valence-corrected chi connectivity index (χ4v) is 5.95. The van der Waals surface area contributed by atoms with Crippen molar-refractivity contribution in [2.45, 2.75) is 0 Å². The van der Waals surface area contributed by atoms with Crippen LogP contribution in [0.4, 0.5) is 5.69 Å². The van der Waals surface area contributed by atoms with Gasteiger partial charge in [0.25, 0.3) is 11.8 Å². The van der Waals surface area contributed by atoms with Gasteiger partial charge >= 0.3 is 0 Å². The Hall–Kier alpha value is -4.67. The van der Waals surface area contributed by atoms with Gasteiger partial charge in [-0.3, -0.25) is 9.59 Å². The number of anilines is 1. The lowest BCUT2D eigenvalue weighted by atomic mass is 9.85. The van der Waals surface area contributed by atoms with E-state index in [1.54, 1.807) is 12.1 Å². The standard InChI is InChI=1S/C33H21ClN2O2/c1-35-25-19-22(34)17-18-24(25)28-30-29(32(37)36(33(30)38)23-15-9-4-10-16-23)26(20-11-5-2-6-12-20)27(31(28)35)21-13-7-3-8-14-21/h2-19H,1H3. The fraction of sp³-hybridized carbons (Fsp3) is 0.0303. The SMILES string of the molecule is Cn1c2cc(Cl)ccc2c2c3c(c(-c4ccccc4)c(-c4ccccc4)c21)C(=O)N(c1ccccc1)C3=O. The number of imide groups is 1. The van der Waals surface area contributed by atoms with Gasteiger partial charge in [-0.25, -0.2) is 4.90 Å². The average Bonchev–Trinajstić information content (AvgIpc) is 3.38. The lowest BCUT2D eigenvalue weighted by Crippen LogP contribution is -2.29. The number of para-hydroxylation sites is 1. The van der Waals surface area contributed by atoms with E-state index in [0.29, 0.717) is 21.8 Å². The van der Waals surface area contributed by atoms with Crippen molar-refractivity contribution in [3.05, 3.63) is 125 Å². The van der Waals surface area contributed by atoms with Crippen molar-refractivity contribution in [3.63, 3.8) is 0 Å². The molecule has 0 saturated heterocycles. The zero-order valence-corrected chi connectivity index (χ0v) is 21.2. The summed E-state index contributed by atoms with van der Waals surface area (Å²) in [4.78, 5) is 29.9. The van der Waals surface area contributed by atoms with Crippen LogP contribution in [-0.2, 0) is 7.05 Å². The normalized spacial score (nSPS) is 13.1. The Kier molecular flexibility index (Phi) is 5.00. The van der Waals surface area contributed by atoms with Crippen LogP contribution in [0.2, 0.25) is 5.02 Å². The molecule has 2 heterocycles. The van der Waals surface area contributed by atoms with Crippen LogP contribution in [0.1, 0.15) is 20.7 Å². The van der Waals surface area contributed by atoms with Gasteiger partial charge in [0.15, 0.2) is 0 Å². The zero-order valence-electron chi connectivity index (χ0n) is 20.5. The second kappa shape index (κ2) is 8.44. The topological polar surface area (TPSA) is 42.3 Å². The summed E-state index contributed by atoms with van der Waals surface area (Å²) in [5.41, 5.74) is 6.72. The Morgan fingerprint density at radius 3 is 1.79 bits per heavy atom. The first-order valence-electron chi connectivity index (χ1n) is 12.4. The van der Waals surface area contributed by atoms with Gasteiger partial charge in [-0.15, -0.1) is 0 Å². The molecule has 0 unspecified atom stereocenters. The third-order valence-corrected chi connectivity index (χ3v) is 7.61. The molecule has 1 aliphatic heterocycles. The molecule has 6 aromatic rings. The van der Waals surface area contributed by atoms with Crippen molar-refractivity contribution < 1.29 is 9.59 Å². The Bertz CT molecular complexity index is 1910. The average molecular weight is 513 g/mol. The predicted molar refractivity (Wildman–Crippen MR) is 154 cm³/mol. The molecule has 1 aromatic heterocycles. The van der Waals surface area contributed by atoms with Gasteiger partial charge in [-0.1, -0.05) is 96.5 Å². The number of aromatic nitrogens is 1. The molecule has 182 valence electrons. The number of benzene rings is 5. The quantitative estimate of drug-likeness (QED) is 0.225. The summed E-state index contributed by atoms with van der Waals surface area (Å²) in [7, 11) is 1.99. The van der Waals surface area contributed by atoms with Crippen molar-refractivity contribution in [2.24, 2.45) is 7.05 Å². The van der Waals surface area contributed by atoms with Gasteiger partial charge in [0, 0.05) is 34.0 Å². The van der Waals surface area contributed by atoms with Gasteiger partial charge in [-0.2, -0.15) is 0 Å². The number of hydrogen-bond donors (Lipinski definition) is 0. The smallest absolute Gasteiger partial charge is 0.266 e. The summed E-state index contributed by atoms with van der Waals surface area (Å²) >= 11 is 6.43. The highest BCUT2D eigenvalue weighted by atomic mass is 35.5. The summed E-state index contributed by atoms with van der Waals surface area (Å²) in [6, 6.07) is 34.7. The molecule has 0 saturated carbocycles. The van der Waals surface area contributed by atoms with E-state index in [0.717, 1.165) is 44.1 Å². The molecule has 2 amide bonds. The number of amides is 2. The van der Waals surface area contributed by atoms with Gasteiger partial charge in [0.05, 0.1) is 27.8 Å². The fourth-order valence-electron chi connectivity index (χ4n) is 5.78. The molecule has 1 aliphatic rings. The second-order valence-corrected chi connectivity index (χ2v) is 9.89. The third kappa shape index (κ3) is 3.11. The molecule has 5 aromatic carbocycles. The maximum atomic E-state index is 14.3. The van der Waals surface area contributed by atoms with Crippen LogP contribution in [0.5, 0.6) is 0 Å². The van der Waals surface area contributed by atoms with Crippen LogP contribution >= 0.6 is 11.6 Å². The number of halogens is 1. The van der Waals surface area contributed by atoms with Crippen LogP contribution in [0.25, 0.3) is 44.1 Å². The maximum Gasteiger partial charge on any atom is 0.266 e. The summed E-state index contributed by atoms with van der Waals surface area (Å²) in [5, 5.41) is 2.26. The number of nitrogens with zero attached hydrogens (tertiary/aromatic N) is 2. The van der Waals surface area contributed by atoms with E-state index in [1.807, 2.05) is 92.0 Å².